The molecule has 0 aliphatic heterocycles. The first-order valence-corrected chi connectivity index (χ1v) is 7.51. The molecule has 0 aromatic carbocycles. The molecule has 0 fully saturated rings. The van der Waals surface area contributed by atoms with E-state index in [1.54, 1.807) is 6.20 Å². The Labute approximate surface area is 124 Å². The number of thiazole rings is 1. The molecule has 0 saturated heterocycles. The average molecular weight is 308 g/mol. The molecule has 1 amide bonds. The first-order valence-electron chi connectivity index (χ1n) is 5.92. The Hall–Kier alpha value is -1.82. The average Bonchev–Trinajstić information content (AvgIpc) is 3.06. The Balaban J connectivity index is 2.07. The molecule has 2 N–H and O–H groups in total. The van der Waals surface area contributed by atoms with Crippen LogP contribution >= 0.6 is 22.9 Å². The molecule has 2 heterocycles. The predicted molar refractivity (Wildman–Crippen MR) is 77.9 cm³/mol. The fraction of sp³-hybridized carbons (Fsp3) is 0.333. The first kappa shape index (κ1) is 14.6. The van der Waals surface area contributed by atoms with Crippen LogP contribution in [0.15, 0.2) is 6.20 Å². The molecule has 0 bridgehead atoms. The summed E-state index contributed by atoms with van der Waals surface area (Å²) < 4.78 is 3.81. The van der Waals surface area contributed by atoms with Crippen LogP contribution in [0.2, 0.25) is 0 Å². The highest BCUT2D eigenvalue weighted by Crippen LogP contribution is 2.20. The van der Waals surface area contributed by atoms with Gasteiger partial charge in [-0.3, -0.25) is 10.1 Å². The van der Waals surface area contributed by atoms with Crippen molar-refractivity contribution in [2.75, 3.05) is 11.9 Å². The molecule has 2 aromatic rings. The molecule has 0 radical (unpaired) electrons. The summed E-state index contributed by atoms with van der Waals surface area (Å²) >= 11 is 2.33. The summed E-state index contributed by atoms with van der Waals surface area (Å²) in [6, 6.07) is 0. The molecule has 0 atom stereocenters. The summed E-state index contributed by atoms with van der Waals surface area (Å²) in [5.74, 6) is 5.02. The third-order valence-electron chi connectivity index (χ3n) is 2.27. The normalized spacial score (nSPS) is 9.90. The van der Waals surface area contributed by atoms with E-state index < -0.39 is 0 Å². The topological polar surface area (TPSA) is 88.0 Å². The number of carbonyl (C=O) groups is 1. The van der Waals surface area contributed by atoms with Gasteiger partial charge < -0.3 is 5.11 Å². The van der Waals surface area contributed by atoms with E-state index in [9.17, 15) is 4.79 Å². The van der Waals surface area contributed by atoms with Crippen LogP contribution in [-0.2, 0) is 6.42 Å². The van der Waals surface area contributed by atoms with Crippen molar-refractivity contribution in [2.45, 2.75) is 19.8 Å². The number of nitrogens with zero attached hydrogens (tertiary/aromatic N) is 3. The number of aryl methyl sites for hydroxylation is 1. The lowest BCUT2D eigenvalue weighted by molar-refractivity contribution is 0.102. The largest absolute Gasteiger partial charge is 0.384 e. The zero-order chi connectivity index (χ0) is 14.4. The second kappa shape index (κ2) is 7.09. The fourth-order valence-corrected chi connectivity index (χ4v) is 2.74. The lowest BCUT2D eigenvalue weighted by atomic mass is 10.2. The second-order valence-electron chi connectivity index (χ2n) is 3.74. The molecule has 0 saturated carbocycles. The first-order chi connectivity index (χ1) is 9.74. The highest BCUT2D eigenvalue weighted by Gasteiger charge is 2.16. The van der Waals surface area contributed by atoms with Gasteiger partial charge in [-0.2, -0.15) is 0 Å². The minimum absolute atomic E-state index is 0.202. The van der Waals surface area contributed by atoms with E-state index >= 15 is 0 Å². The van der Waals surface area contributed by atoms with Gasteiger partial charge in [0.15, 0.2) is 5.13 Å². The molecule has 2 rings (SSSR count). The summed E-state index contributed by atoms with van der Waals surface area (Å²) in [5, 5.41) is 15.7. The van der Waals surface area contributed by atoms with E-state index in [4.69, 9.17) is 5.11 Å². The minimum atomic E-state index is -0.250. The lowest BCUT2D eigenvalue weighted by Gasteiger charge is -1.99. The van der Waals surface area contributed by atoms with E-state index in [1.807, 2.05) is 6.92 Å². The van der Waals surface area contributed by atoms with Crippen LogP contribution in [-0.4, -0.2) is 32.2 Å². The summed E-state index contributed by atoms with van der Waals surface area (Å²) in [6.07, 6.45) is 3.19. The quantitative estimate of drug-likeness (QED) is 0.837. The van der Waals surface area contributed by atoms with Crippen molar-refractivity contribution in [3.05, 3.63) is 21.6 Å². The van der Waals surface area contributed by atoms with Crippen molar-refractivity contribution in [1.82, 2.24) is 14.6 Å². The van der Waals surface area contributed by atoms with Crippen LogP contribution < -0.4 is 5.32 Å². The molecule has 0 aliphatic rings. The molecule has 20 heavy (non-hydrogen) atoms. The van der Waals surface area contributed by atoms with Crippen LogP contribution in [0.3, 0.4) is 0 Å². The van der Waals surface area contributed by atoms with Crippen molar-refractivity contribution >= 4 is 33.9 Å². The number of hydrogen-bond donors (Lipinski definition) is 2. The maximum Gasteiger partial charge on any atom is 0.271 e. The number of aliphatic hydroxyl groups excluding tert-OH is 1. The zero-order valence-corrected chi connectivity index (χ0v) is 12.3. The molecular weight excluding hydrogens is 296 g/mol. The van der Waals surface area contributed by atoms with Crippen molar-refractivity contribution < 1.29 is 9.90 Å². The van der Waals surface area contributed by atoms with Gasteiger partial charge in [0.25, 0.3) is 5.91 Å². The highest BCUT2D eigenvalue weighted by molar-refractivity contribution is 7.16. The van der Waals surface area contributed by atoms with Crippen molar-refractivity contribution in [1.29, 1.82) is 0 Å². The van der Waals surface area contributed by atoms with Crippen LogP contribution in [0.4, 0.5) is 5.13 Å². The number of aliphatic hydroxyl groups is 1. The van der Waals surface area contributed by atoms with Crippen LogP contribution in [0.5, 0.6) is 0 Å². The zero-order valence-electron chi connectivity index (χ0n) is 10.7. The van der Waals surface area contributed by atoms with Crippen LogP contribution in [0, 0.1) is 11.8 Å². The number of aromatic nitrogens is 3. The van der Waals surface area contributed by atoms with Crippen molar-refractivity contribution in [3.63, 3.8) is 0 Å². The van der Waals surface area contributed by atoms with Gasteiger partial charge in [0.1, 0.15) is 11.5 Å². The predicted octanol–water partition coefficient (Wildman–Crippen LogP) is 1.54. The van der Waals surface area contributed by atoms with Crippen LogP contribution in [0.1, 0.15) is 33.6 Å². The molecular formula is C12H12N4O2S2. The minimum Gasteiger partial charge on any atom is -0.384 e. The van der Waals surface area contributed by atoms with E-state index in [-0.39, 0.29) is 12.5 Å². The standard InChI is InChI=1S/C12H12N4O2S2/c1-2-4-9-10(20-16-15-9)11(18)14-12-13-7-8(19-12)5-3-6-17/h7,17H,2,4,6H2,1H3,(H,13,14,18). The molecule has 0 aliphatic carbocycles. The van der Waals surface area contributed by atoms with E-state index in [1.165, 1.54) is 11.3 Å². The smallest absolute Gasteiger partial charge is 0.271 e. The number of amides is 1. The lowest BCUT2D eigenvalue weighted by Crippen LogP contribution is -2.12. The Morgan fingerprint density at radius 1 is 1.55 bits per heavy atom. The van der Waals surface area contributed by atoms with E-state index in [0.29, 0.717) is 20.6 Å². The summed E-state index contributed by atoms with van der Waals surface area (Å²) in [4.78, 5) is 17.4. The Bertz CT molecular complexity index is 654. The fourth-order valence-electron chi connectivity index (χ4n) is 1.45. The third kappa shape index (κ3) is 3.60. The number of nitrogens with one attached hydrogen (secondary N) is 1. The van der Waals surface area contributed by atoms with Crippen LogP contribution in [0.25, 0.3) is 0 Å². The van der Waals surface area contributed by atoms with E-state index in [2.05, 4.69) is 31.7 Å². The Morgan fingerprint density at radius 2 is 2.40 bits per heavy atom. The second-order valence-corrected chi connectivity index (χ2v) is 5.53. The Morgan fingerprint density at radius 3 is 3.15 bits per heavy atom. The number of rotatable bonds is 4. The molecule has 8 heteroatoms. The SMILES string of the molecule is CCCc1nnsc1C(=O)Nc1ncc(C#CCO)s1. The number of carbonyl (C=O) groups excluding carboxylic acids is 1. The molecule has 6 nitrogen and oxygen atoms in total. The number of anilines is 1. The number of hydrogen-bond acceptors (Lipinski definition) is 7. The summed E-state index contributed by atoms with van der Waals surface area (Å²) in [6.45, 7) is 1.82. The van der Waals surface area contributed by atoms with E-state index in [0.717, 1.165) is 24.4 Å². The molecule has 0 unspecified atom stereocenters. The summed E-state index contributed by atoms with van der Waals surface area (Å²) in [7, 11) is 0. The Kier molecular flexibility index (Phi) is 5.17. The summed E-state index contributed by atoms with van der Waals surface area (Å²) in [5.41, 5.74) is 0.715. The maximum atomic E-state index is 12.1. The molecule has 104 valence electrons. The van der Waals surface area contributed by atoms with Crippen molar-refractivity contribution in [3.8, 4) is 11.8 Å². The van der Waals surface area contributed by atoms with Gasteiger partial charge in [-0.1, -0.05) is 41.0 Å². The monoisotopic (exact) mass is 308 g/mol. The maximum absolute atomic E-state index is 12.1. The van der Waals surface area contributed by atoms with Gasteiger partial charge in [-0.25, -0.2) is 4.98 Å². The van der Waals surface area contributed by atoms with Gasteiger partial charge in [-0.05, 0) is 18.0 Å². The van der Waals surface area contributed by atoms with Gasteiger partial charge in [0.2, 0.25) is 0 Å². The molecule has 0 spiro atoms. The van der Waals surface area contributed by atoms with Gasteiger partial charge >= 0.3 is 0 Å². The van der Waals surface area contributed by atoms with Gasteiger partial charge in [-0.15, -0.1) is 5.10 Å². The molecule has 2 aromatic heterocycles. The highest BCUT2D eigenvalue weighted by atomic mass is 32.1. The van der Waals surface area contributed by atoms with Gasteiger partial charge in [0.05, 0.1) is 16.8 Å². The van der Waals surface area contributed by atoms with Gasteiger partial charge in [0, 0.05) is 0 Å². The third-order valence-corrected chi connectivity index (χ3v) is 3.86. The van der Waals surface area contributed by atoms with Crippen molar-refractivity contribution in [2.24, 2.45) is 0 Å².